The van der Waals surface area contributed by atoms with Gasteiger partial charge in [0, 0.05) is 16.2 Å². The first kappa shape index (κ1) is 29.3. The molecular weight excluding hydrogens is 629 g/mol. The molecule has 0 unspecified atom stereocenters. The summed E-state index contributed by atoms with van der Waals surface area (Å²) in [6, 6.07) is 62.4. The van der Waals surface area contributed by atoms with Crippen molar-refractivity contribution in [3.8, 4) is 44.5 Å². The summed E-state index contributed by atoms with van der Waals surface area (Å²) in [5.74, 6) is 0. The normalized spacial score (nSPS) is 13.3. The van der Waals surface area contributed by atoms with Crippen molar-refractivity contribution in [3.63, 3.8) is 0 Å². The third kappa shape index (κ3) is 4.11. The molecule has 0 spiro atoms. The Hall–Kier alpha value is -6.44. The molecule has 0 N–H and O–H groups in total. The lowest BCUT2D eigenvalue weighted by atomic mass is 9.80. The number of rotatable bonds is 3. The van der Waals surface area contributed by atoms with E-state index in [1.165, 1.54) is 88.0 Å². The second-order valence-electron chi connectivity index (χ2n) is 14.8. The molecule has 0 radical (unpaired) electrons. The van der Waals surface area contributed by atoms with Gasteiger partial charge in [0.05, 0.1) is 0 Å². The van der Waals surface area contributed by atoms with Gasteiger partial charge in [-0.05, 0) is 112 Å². The monoisotopic (exact) mass is 662 g/mol. The summed E-state index contributed by atoms with van der Waals surface area (Å²) >= 11 is 0. The van der Waals surface area contributed by atoms with E-state index in [2.05, 4.69) is 172 Å². The predicted molar refractivity (Wildman–Crippen MR) is 220 cm³/mol. The summed E-state index contributed by atoms with van der Waals surface area (Å²) in [5, 5.41) is 9.96. The Labute approximate surface area is 302 Å². The van der Waals surface area contributed by atoms with E-state index in [0.717, 1.165) is 21.9 Å². The zero-order valence-electron chi connectivity index (χ0n) is 29.1. The minimum atomic E-state index is -0.0553. The summed E-state index contributed by atoms with van der Waals surface area (Å²) in [4.78, 5) is 0. The molecule has 1 nitrogen and oxygen atoms in total. The van der Waals surface area contributed by atoms with Crippen LogP contribution < -0.4 is 0 Å². The van der Waals surface area contributed by atoms with Crippen LogP contribution in [0.1, 0.15) is 25.0 Å². The highest BCUT2D eigenvalue weighted by atomic mass is 16.3. The van der Waals surface area contributed by atoms with Crippen LogP contribution >= 0.6 is 0 Å². The number of para-hydroxylation sites is 1. The molecule has 9 aromatic carbocycles. The van der Waals surface area contributed by atoms with Gasteiger partial charge < -0.3 is 4.42 Å². The van der Waals surface area contributed by atoms with Crippen LogP contribution in [0.5, 0.6) is 0 Å². The topological polar surface area (TPSA) is 13.1 Å². The summed E-state index contributed by atoms with van der Waals surface area (Å²) < 4.78 is 6.20. The highest BCUT2D eigenvalue weighted by Crippen LogP contribution is 2.52. The van der Waals surface area contributed by atoms with Crippen LogP contribution in [0.4, 0.5) is 0 Å². The first-order valence-corrected chi connectivity index (χ1v) is 18.2. The highest BCUT2D eigenvalue weighted by Gasteiger charge is 2.37. The Kier molecular flexibility index (Phi) is 6.08. The molecule has 0 aliphatic heterocycles. The molecule has 0 saturated heterocycles. The molecule has 0 amide bonds. The van der Waals surface area contributed by atoms with Gasteiger partial charge in [-0.25, -0.2) is 0 Å². The van der Waals surface area contributed by atoms with Gasteiger partial charge in [-0.2, -0.15) is 0 Å². The van der Waals surface area contributed by atoms with Gasteiger partial charge in [-0.15, -0.1) is 0 Å². The third-order valence-corrected chi connectivity index (χ3v) is 11.6. The van der Waals surface area contributed by atoms with E-state index in [4.69, 9.17) is 4.42 Å². The van der Waals surface area contributed by atoms with Crippen molar-refractivity contribution >= 4 is 54.3 Å². The van der Waals surface area contributed by atoms with Crippen LogP contribution in [0, 0.1) is 0 Å². The molecule has 0 fully saturated rings. The molecule has 11 rings (SSSR count). The molecule has 1 aliphatic carbocycles. The number of furan rings is 1. The van der Waals surface area contributed by atoms with Crippen molar-refractivity contribution in [1.29, 1.82) is 0 Å². The Morgan fingerprint density at radius 2 is 0.904 bits per heavy atom. The van der Waals surface area contributed by atoms with E-state index < -0.39 is 0 Å². The molecule has 244 valence electrons. The van der Waals surface area contributed by atoms with Crippen molar-refractivity contribution in [2.45, 2.75) is 19.3 Å². The Morgan fingerprint density at radius 3 is 1.62 bits per heavy atom. The minimum absolute atomic E-state index is 0.0553. The number of fused-ring (bicyclic) bond motifs is 10. The van der Waals surface area contributed by atoms with Crippen molar-refractivity contribution in [1.82, 2.24) is 0 Å². The van der Waals surface area contributed by atoms with Crippen molar-refractivity contribution in [2.75, 3.05) is 0 Å². The number of hydrogen-bond donors (Lipinski definition) is 0. The van der Waals surface area contributed by atoms with Crippen LogP contribution in [-0.4, -0.2) is 0 Å². The smallest absolute Gasteiger partial charge is 0.135 e. The van der Waals surface area contributed by atoms with Crippen LogP contribution in [0.15, 0.2) is 174 Å². The van der Waals surface area contributed by atoms with E-state index in [1.807, 2.05) is 12.1 Å². The standard InChI is InChI=1S/C51H34O/c1-51(2)45-27-24-34(29-43(45)42-26-23-32-11-3-4-12-36(32)50(42)51)31-19-21-33(22-20-31)48-38-14-5-7-16-40(38)49(41-17-8-6-15-39(41)48)35-25-28-47-44(30-35)37-13-9-10-18-46(37)52-47/h3-30H,1-2H3. The van der Waals surface area contributed by atoms with Gasteiger partial charge in [0.25, 0.3) is 0 Å². The van der Waals surface area contributed by atoms with E-state index in [-0.39, 0.29) is 5.41 Å². The maximum absolute atomic E-state index is 6.20. The second kappa shape index (κ2) is 10.8. The molecule has 10 aromatic rings. The summed E-state index contributed by atoms with van der Waals surface area (Å²) in [7, 11) is 0. The lowest BCUT2D eigenvalue weighted by molar-refractivity contribution is 0.666. The number of benzene rings is 9. The Bertz CT molecular complexity index is 3030. The Morgan fingerprint density at radius 1 is 0.365 bits per heavy atom. The van der Waals surface area contributed by atoms with Crippen LogP contribution in [0.25, 0.3) is 98.8 Å². The fourth-order valence-electron chi connectivity index (χ4n) is 9.26. The first-order valence-electron chi connectivity index (χ1n) is 18.2. The van der Waals surface area contributed by atoms with E-state index >= 15 is 0 Å². The van der Waals surface area contributed by atoms with Crippen LogP contribution in [0.2, 0.25) is 0 Å². The minimum Gasteiger partial charge on any atom is -0.456 e. The second-order valence-corrected chi connectivity index (χ2v) is 14.8. The molecule has 52 heavy (non-hydrogen) atoms. The van der Waals surface area contributed by atoms with E-state index in [0.29, 0.717) is 0 Å². The fourth-order valence-corrected chi connectivity index (χ4v) is 9.26. The summed E-state index contributed by atoms with van der Waals surface area (Å²) in [6.45, 7) is 4.74. The summed E-state index contributed by atoms with van der Waals surface area (Å²) in [5.41, 5.74) is 14.7. The lowest BCUT2D eigenvalue weighted by Crippen LogP contribution is -2.15. The molecule has 1 aromatic heterocycles. The number of hydrogen-bond acceptors (Lipinski definition) is 1. The van der Waals surface area contributed by atoms with Crippen molar-refractivity contribution in [2.24, 2.45) is 0 Å². The van der Waals surface area contributed by atoms with Gasteiger partial charge in [-0.1, -0.05) is 159 Å². The molecule has 1 heteroatoms. The van der Waals surface area contributed by atoms with Crippen molar-refractivity contribution in [3.05, 3.63) is 181 Å². The largest absolute Gasteiger partial charge is 0.456 e. The highest BCUT2D eigenvalue weighted by molar-refractivity contribution is 6.22. The lowest BCUT2D eigenvalue weighted by Gasteiger charge is -2.23. The predicted octanol–water partition coefficient (Wildman–Crippen LogP) is 14.4. The van der Waals surface area contributed by atoms with Crippen LogP contribution in [-0.2, 0) is 5.41 Å². The van der Waals surface area contributed by atoms with Gasteiger partial charge >= 0.3 is 0 Å². The quantitative estimate of drug-likeness (QED) is 0.172. The average molecular weight is 663 g/mol. The zero-order chi connectivity index (χ0) is 34.6. The van der Waals surface area contributed by atoms with Gasteiger partial charge in [0.1, 0.15) is 11.2 Å². The van der Waals surface area contributed by atoms with Crippen LogP contribution in [0.3, 0.4) is 0 Å². The molecular formula is C51H34O. The third-order valence-electron chi connectivity index (χ3n) is 11.6. The molecule has 0 saturated carbocycles. The molecule has 1 aliphatic rings. The van der Waals surface area contributed by atoms with Crippen molar-refractivity contribution < 1.29 is 4.42 Å². The molecule has 0 atom stereocenters. The molecule has 1 heterocycles. The SMILES string of the molecule is CC1(C)c2ccc(-c3ccc(-c4c5ccccc5c(-c5ccc6oc7ccccc7c6c5)c5ccccc45)cc3)cc2-c2ccc3ccccc3c21. The zero-order valence-corrected chi connectivity index (χ0v) is 29.1. The van der Waals surface area contributed by atoms with Gasteiger partial charge in [-0.3, -0.25) is 0 Å². The van der Waals surface area contributed by atoms with E-state index in [9.17, 15) is 0 Å². The van der Waals surface area contributed by atoms with E-state index in [1.54, 1.807) is 0 Å². The maximum atomic E-state index is 6.20. The molecule has 0 bridgehead atoms. The van der Waals surface area contributed by atoms with Gasteiger partial charge in [0.15, 0.2) is 0 Å². The first-order chi connectivity index (χ1) is 25.5. The fraction of sp³-hybridized carbons (Fsp3) is 0.0588. The van der Waals surface area contributed by atoms with Gasteiger partial charge in [0.2, 0.25) is 0 Å². The summed E-state index contributed by atoms with van der Waals surface area (Å²) in [6.07, 6.45) is 0. The maximum Gasteiger partial charge on any atom is 0.135 e. The Balaban J connectivity index is 1.05. The average Bonchev–Trinajstić information content (AvgIpc) is 3.68.